The molecule has 1 aromatic carbocycles. The Hall–Kier alpha value is -1.93. The Kier molecular flexibility index (Phi) is 3.82. The van der Waals surface area contributed by atoms with E-state index >= 15 is 0 Å². The van der Waals surface area contributed by atoms with Gasteiger partial charge in [0.1, 0.15) is 17.1 Å². The molecule has 1 atom stereocenters. The van der Waals surface area contributed by atoms with Crippen LogP contribution in [-0.2, 0) is 4.79 Å². The van der Waals surface area contributed by atoms with Gasteiger partial charge in [0.25, 0.3) is 0 Å². The molecule has 2 aromatic rings. The minimum absolute atomic E-state index is 0.416. The summed E-state index contributed by atoms with van der Waals surface area (Å²) in [4.78, 5) is 22.2. The van der Waals surface area contributed by atoms with Crippen LogP contribution in [-0.4, -0.2) is 26.7 Å². The molecular weight excluding hydrogens is 290 g/mol. The lowest BCUT2D eigenvalue weighted by Gasteiger charge is -2.15. The van der Waals surface area contributed by atoms with E-state index in [0.717, 1.165) is 11.7 Å². The monoisotopic (exact) mass is 299 g/mol. The molecule has 1 unspecified atom stereocenters. The Balaban J connectivity index is 2.25. The second-order valence-electron chi connectivity index (χ2n) is 3.77. The number of rotatable bonds is 3. The summed E-state index contributed by atoms with van der Waals surface area (Å²) in [5.41, 5.74) is 6.64. The number of nitrogens with one attached hydrogen (secondary N) is 2. The van der Waals surface area contributed by atoms with E-state index in [9.17, 15) is 9.59 Å². The first-order chi connectivity index (χ1) is 8.99. The fourth-order valence-electron chi connectivity index (χ4n) is 1.48. The van der Waals surface area contributed by atoms with Crippen LogP contribution in [0.2, 0.25) is 5.02 Å². The third-order valence-corrected chi connectivity index (χ3v) is 3.24. The zero-order valence-electron chi connectivity index (χ0n) is 9.81. The highest BCUT2D eigenvalue weighted by atomic mass is 35.5. The SMILES string of the molecule is CC(Nc1c(Cl)ccc2nsnc12)C(=O)NC(N)=O. The van der Waals surface area contributed by atoms with Crippen molar-refractivity contribution in [1.29, 1.82) is 0 Å². The molecule has 1 heterocycles. The number of amides is 3. The lowest BCUT2D eigenvalue weighted by Crippen LogP contribution is -2.43. The molecule has 3 amide bonds. The van der Waals surface area contributed by atoms with Crippen molar-refractivity contribution >= 4 is 52.0 Å². The highest BCUT2D eigenvalue weighted by molar-refractivity contribution is 7.00. The van der Waals surface area contributed by atoms with Crippen LogP contribution in [0.15, 0.2) is 12.1 Å². The van der Waals surface area contributed by atoms with E-state index in [1.807, 2.05) is 5.32 Å². The largest absolute Gasteiger partial charge is 0.371 e. The molecule has 0 spiro atoms. The Morgan fingerprint density at radius 3 is 2.84 bits per heavy atom. The van der Waals surface area contributed by atoms with Crippen LogP contribution in [0.5, 0.6) is 0 Å². The molecule has 19 heavy (non-hydrogen) atoms. The summed E-state index contributed by atoms with van der Waals surface area (Å²) < 4.78 is 8.19. The van der Waals surface area contributed by atoms with E-state index in [0.29, 0.717) is 21.7 Å². The number of nitrogens with zero attached hydrogens (tertiary/aromatic N) is 2. The second-order valence-corrected chi connectivity index (χ2v) is 4.71. The molecule has 0 saturated carbocycles. The number of carbonyl (C=O) groups is 2. The van der Waals surface area contributed by atoms with Gasteiger partial charge in [-0.2, -0.15) is 8.75 Å². The number of hydrogen-bond donors (Lipinski definition) is 3. The van der Waals surface area contributed by atoms with Crippen molar-refractivity contribution in [2.45, 2.75) is 13.0 Å². The molecule has 1 aromatic heterocycles. The smallest absolute Gasteiger partial charge is 0.318 e. The summed E-state index contributed by atoms with van der Waals surface area (Å²) in [6.07, 6.45) is 0. The van der Waals surface area contributed by atoms with Crippen molar-refractivity contribution in [2.75, 3.05) is 5.32 Å². The number of anilines is 1. The fourth-order valence-corrected chi connectivity index (χ4v) is 2.23. The van der Waals surface area contributed by atoms with Crippen LogP contribution in [0.1, 0.15) is 6.92 Å². The number of primary amides is 1. The number of nitrogens with two attached hydrogens (primary N) is 1. The first-order valence-corrected chi connectivity index (χ1v) is 6.37. The first kappa shape index (κ1) is 13.5. The van der Waals surface area contributed by atoms with Crippen molar-refractivity contribution in [3.05, 3.63) is 17.2 Å². The molecule has 0 fully saturated rings. The Bertz CT molecular complexity index is 644. The minimum Gasteiger partial charge on any atom is -0.371 e. The third kappa shape index (κ3) is 2.91. The molecule has 2 rings (SSSR count). The number of imide groups is 1. The van der Waals surface area contributed by atoms with Gasteiger partial charge in [0.2, 0.25) is 5.91 Å². The maximum atomic E-state index is 11.6. The maximum absolute atomic E-state index is 11.6. The lowest BCUT2D eigenvalue weighted by atomic mass is 10.2. The molecule has 0 saturated heterocycles. The van der Waals surface area contributed by atoms with E-state index in [2.05, 4.69) is 14.1 Å². The summed E-state index contributed by atoms with van der Waals surface area (Å²) in [6.45, 7) is 1.58. The van der Waals surface area contributed by atoms with Crippen molar-refractivity contribution < 1.29 is 9.59 Å². The fraction of sp³-hybridized carbons (Fsp3) is 0.200. The van der Waals surface area contributed by atoms with Gasteiger partial charge >= 0.3 is 6.03 Å². The second kappa shape index (κ2) is 5.37. The van der Waals surface area contributed by atoms with E-state index in [-0.39, 0.29) is 0 Å². The maximum Gasteiger partial charge on any atom is 0.318 e. The molecule has 9 heteroatoms. The summed E-state index contributed by atoms with van der Waals surface area (Å²) in [5.74, 6) is -0.552. The molecule has 0 aliphatic heterocycles. The van der Waals surface area contributed by atoms with Crippen LogP contribution in [0.25, 0.3) is 11.0 Å². The third-order valence-electron chi connectivity index (χ3n) is 2.38. The predicted octanol–water partition coefficient (Wildman–Crippen LogP) is 1.34. The zero-order valence-corrected chi connectivity index (χ0v) is 11.4. The van der Waals surface area contributed by atoms with Gasteiger partial charge in [-0.3, -0.25) is 10.1 Å². The van der Waals surface area contributed by atoms with Gasteiger partial charge in [-0.1, -0.05) is 11.6 Å². The minimum atomic E-state index is -0.904. The number of aromatic nitrogens is 2. The highest BCUT2D eigenvalue weighted by Gasteiger charge is 2.18. The predicted molar refractivity (Wildman–Crippen MR) is 73.2 cm³/mol. The van der Waals surface area contributed by atoms with Crippen LogP contribution in [0, 0.1) is 0 Å². The average Bonchev–Trinajstić information content (AvgIpc) is 2.80. The normalized spacial score (nSPS) is 12.1. The molecule has 7 nitrogen and oxygen atoms in total. The zero-order chi connectivity index (χ0) is 14.0. The summed E-state index contributed by atoms with van der Waals surface area (Å²) in [6, 6.07) is 1.79. The van der Waals surface area contributed by atoms with Gasteiger partial charge in [0.15, 0.2) is 0 Å². The van der Waals surface area contributed by atoms with Crippen LogP contribution in [0.4, 0.5) is 10.5 Å². The molecule has 4 N–H and O–H groups in total. The van der Waals surface area contributed by atoms with Crippen LogP contribution >= 0.6 is 23.3 Å². The molecule has 0 aliphatic rings. The lowest BCUT2D eigenvalue weighted by molar-refractivity contribution is -0.120. The average molecular weight is 300 g/mol. The highest BCUT2D eigenvalue weighted by Crippen LogP contribution is 2.30. The quantitative estimate of drug-likeness (QED) is 0.792. The van der Waals surface area contributed by atoms with Gasteiger partial charge in [-0.05, 0) is 19.1 Å². The number of halogens is 1. The molecule has 100 valence electrons. The molecule has 0 radical (unpaired) electrons. The summed E-state index contributed by atoms with van der Waals surface area (Å²) >= 11 is 7.11. The Morgan fingerprint density at radius 2 is 2.16 bits per heavy atom. The number of urea groups is 1. The number of hydrogen-bond acceptors (Lipinski definition) is 6. The van der Waals surface area contributed by atoms with E-state index < -0.39 is 18.0 Å². The van der Waals surface area contributed by atoms with Crippen molar-refractivity contribution in [3.8, 4) is 0 Å². The number of carbonyl (C=O) groups excluding carboxylic acids is 2. The van der Waals surface area contributed by atoms with Gasteiger partial charge in [0, 0.05) is 0 Å². The topological polar surface area (TPSA) is 110 Å². The Morgan fingerprint density at radius 1 is 1.42 bits per heavy atom. The van der Waals surface area contributed by atoms with Crippen molar-refractivity contribution in [2.24, 2.45) is 5.73 Å². The van der Waals surface area contributed by atoms with Crippen molar-refractivity contribution in [3.63, 3.8) is 0 Å². The van der Waals surface area contributed by atoms with E-state index in [4.69, 9.17) is 17.3 Å². The summed E-state index contributed by atoms with van der Waals surface area (Å²) in [5, 5.41) is 5.30. The van der Waals surface area contributed by atoms with Gasteiger partial charge in [0.05, 0.1) is 22.4 Å². The number of benzene rings is 1. The Labute approximate surface area is 117 Å². The van der Waals surface area contributed by atoms with Crippen LogP contribution in [0.3, 0.4) is 0 Å². The van der Waals surface area contributed by atoms with Gasteiger partial charge in [-0.25, -0.2) is 4.79 Å². The summed E-state index contributed by atoms with van der Waals surface area (Å²) in [7, 11) is 0. The van der Waals surface area contributed by atoms with E-state index in [1.165, 1.54) is 0 Å². The van der Waals surface area contributed by atoms with E-state index in [1.54, 1.807) is 19.1 Å². The first-order valence-electron chi connectivity index (χ1n) is 5.26. The standard InChI is InChI=1S/C10H10ClN5O2S/c1-4(9(17)14-10(12)18)13-7-5(11)2-3-6-8(7)16-19-15-6/h2-4,13H,1H3,(H3,12,14,17,18). The molecular formula is C10H10ClN5O2S. The van der Waals surface area contributed by atoms with Crippen LogP contribution < -0.4 is 16.4 Å². The molecule has 0 aliphatic carbocycles. The van der Waals surface area contributed by atoms with Crippen molar-refractivity contribution in [1.82, 2.24) is 14.1 Å². The number of fused-ring (bicyclic) bond motifs is 1. The van der Waals surface area contributed by atoms with Gasteiger partial charge in [-0.15, -0.1) is 0 Å². The molecule has 0 bridgehead atoms. The van der Waals surface area contributed by atoms with Gasteiger partial charge < -0.3 is 11.1 Å².